The smallest absolute Gasteiger partial charge is 0.337 e. The summed E-state index contributed by atoms with van der Waals surface area (Å²) in [5.74, 6) is -2.07. The van der Waals surface area contributed by atoms with Gasteiger partial charge >= 0.3 is 5.97 Å². The number of nitrogens with one attached hydrogen (secondary N) is 1. The van der Waals surface area contributed by atoms with Gasteiger partial charge in [0.05, 0.1) is 22.8 Å². The normalized spacial score (nSPS) is 25.2. The molecule has 7 heteroatoms. The molecule has 1 unspecified atom stereocenters. The Morgan fingerprint density at radius 3 is 2.68 bits per heavy atom. The van der Waals surface area contributed by atoms with Crippen molar-refractivity contribution < 1.29 is 22.7 Å². The Morgan fingerprint density at radius 2 is 2.16 bits per heavy atom. The number of para-hydroxylation sites is 1. The van der Waals surface area contributed by atoms with Gasteiger partial charge in [0.25, 0.3) is 0 Å². The standard InChI is InChI=1S/C12H14FNO4S/c1-12(5-6-19(17,18)7-12)14-10-8(11(15)16)3-2-4-9(10)13/h2-4,14H,5-7H2,1H3,(H,15,16). The molecule has 19 heavy (non-hydrogen) atoms. The minimum absolute atomic E-state index is 0.0212. The second-order valence-corrected chi connectivity index (χ2v) is 7.18. The van der Waals surface area contributed by atoms with Crippen molar-refractivity contribution in [3.05, 3.63) is 29.6 Å². The third-order valence-electron chi connectivity index (χ3n) is 3.17. The average Bonchev–Trinajstić information content (AvgIpc) is 2.56. The SMILES string of the molecule is CC1(Nc2c(F)cccc2C(=O)O)CCS(=O)(=O)C1. The van der Waals surface area contributed by atoms with Crippen LogP contribution in [0.5, 0.6) is 0 Å². The minimum atomic E-state index is -3.15. The Balaban J connectivity index is 2.37. The topological polar surface area (TPSA) is 83.5 Å². The van der Waals surface area contributed by atoms with Gasteiger partial charge in [-0.25, -0.2) is 17.6 Å². The van der Waals surface area contributed by atoms with Gasteiger partial charge in [0.1, 0.15) is 5.82 Å². The zero-order valence-electron chi connectivity index (χ0n) is 10.3. The Labute approximate surface area is 110 Å². The molecule has 1 aromatic rings. The lowest BCUT2D eigenvalue weighted by Crippen LogP contribution is -2.36. The fraction of sp³-hybridized carbons (Fsp3) is 0.417. The molecule has 1 aliphatic rings. The Bertz CT molecular complexity index is 629. The molecule has 0 spiro atoms. The summed E-state index contributed by atoms with van der Waals surface area (Å²) in [7, 11) is -3.15. The summed E-state index contributed by atoms with van der Waals surface area (Å²) in [5.41, 5.74) is -1.20. The van der Waals surface area contributed by atoms with E-state index in [1.165, 1.54) is 12.1 Å². The number of anilines is 1. The minimum Gasteiger partial charge on any atom is -0.478 e. The molecule has 0 aromatic heterocycles. The molecule has 104 valence electrons. The first-order valence-electron chi connectivity index (χ1n) is 5.73. The summed E-state index contributed by atoms with van der Waals surface area (Å²) in [4.78, 5) is 11.1. The van der Waals surface area contributed by atoms with Crippen LogP contribution in [0.2, 0.25) is 0 Å². The number of aromatic carboxylic acids is 1. The van der Waals surface area contributed by atoms with Crippen molar-refractivity contribution in [1.82, 2.24) is 0 Å². The third-order valence-corrected chi connectivity index (χ3v) is 5.08. The van der Waals surface area contributed by atoms with Crippen LogP contribution in [-0.2, 0) is 9.84 Å². The van der Waals surface area contributed by atoms with Crippen LogP contribution in [0.3, 0.4) is 0 Å². The van der Waals surface area contributed by atoms with Crippen LogP contribution in [0.4, 0.5) is 10.1 Å². The third kappa shape index (κ3) is 2.86. The fourth-order valence-corrected chi connectivity index (χ4v) is 4.33. The van der Waals surface area contributed by atoms with Gasteiger partial charge < -0.3 is 10.4 Å². The predicted molar refractivity (Wildman–Crippen MR) is 68.7 cm³/mol. The van der Waals surface area contributed by atoms with Crippen LogP contribution in [-0.4, -0.2) is 36.5 Å². The van der Waals surface area contributed by atoms with E-state index in [1.807, 2.05) is 0 Å². The molecule has 2 N–H and O–H groups in total. The molecule has 1 aromatic carbocycles. The van der Waals surface area contributed by atoms with Crippen LogP contribution in [0, 0.1) is 5.82 Å². The van der Waals surface area contributed by atoms with Crippen molar-refractivity contribution in [3.8, 4) is 0 Å². The van der Waals surface area contributed by atoms with E-state index in [0.717, 1.165) is 6.07 Å². The first-order valence-corrected chi connectivity index (χ1v) is 7.55. The van der Waals surface area contributed by atoms with E-state index in [9.17, 15) is 17.6 Å². The largest absolute Gasteiger partial charge is 0.478 e. The molecule has 1 saturated heterocycles. The van der Waals surface area contributed by atoms with E-state index in [0.29, 0.717) is 6.42 Å². The number of rotatable bonds is 3. The summed E-state index contributed by atoms with van der Waals surface area (Å²) in [6, 6.07) is 3.72. The predicted octanol–water partition coefficient (Wildman–Crippen LogP) is 1.51. The second kappa shape index (κ2) is 4.48. The molecule has 0 saturated carbocycles. The van der Waals surface area contributed by atoms with Crippen molar-refractivity contribution in [3.63, 3.8) is 0 Å². The lowest BCUT2D eigenvalue weighted by Gasteiger charge is -2.26. The maximum atomic E-state index is 13.8. The second-order valence-electron chi connectivity index (χ2n) is 5.00. The number of benzene rings is 1. The molecule has 0 radical (unpaired) electrons. The molecule has 2 rings (SSSR count). The highest BCUT2D eigenvalue weighted by atomic mass is 32.2. The van der Waals surface area contributed by atoms with Gasteiger partial charge in [0.15, 0.2) is 9.84 Å². The quantitative estimate of drug-likeness (QED) is 0.880. The van der Waals surface area contributed by atoms with Crippen molar-refractivity contribution in [2.45, 2.75) is 18.9 Å². The molecule has 5 nitrogen and oxygen atoms in total. The molecule has 1 heterocycles. The van der Waals surface area contributed by atoms with E-state index >= 15 is 0 Å². The van der Waals surface area contributed by atoms with Crippen LogP contribution < -0.4 is 5.32 Å². The van der Waals surface area contributed by atoms with Crippen molar-refractivity contribution >= 4 is 21.5 Å². The molecule has 1 atom stereocenters. The number of carbonyl (C=O) groups is 1. The van der Waals surface area contributed by atoms with Gasteiger partial charge in [-0.3, -0.25) is 0 Å². The van der Waals surface area contributed by atoms with Gasteiger partial charge in [0, 0.05) is 5.54 Å². The zero-order valence-corrected chi connectivity index (χ0v) is 11.1. The zero-order chi connectivity index (χ0) is 14.3. The molecule has 0 aliphatic carbocycles. The highest BCUT2D eigenvalue weighted by Crippen LogP contribution is 2.30. The van der Waals surface area contributed by atoms with Crippen LogP contribution >= 0.6 is 0 Å². The average molecular weight is 287 g/mol. The summed E-state index contributed by atoms with van der Waals surface area (Å²) in [6.07, 6.45) is 0.322. The van der Waals surface area contributed by atoms with Crippen LogP contribution in [0.25, 0.3) is 0 Å². The Hall–Kier alpha value is -1.63. The van der Waals surface area contributed by atoms with Gasteiger partial charge in [0.2, 0.25) is 0 Å². The monoisotopic (exact) mass is 287 g/mol. The molecule has 1 fully saturated rings. The molecule has 0 amide bonds. The molecular formula is C12H14FNO4S. The summed E-state index contributed by atoms with van der Waals surface area (Å²) < 4.78 is 36.7. The first-order chi connectivity index (χ1) is 8.72. The molecule has 1 aliphatic heterocycles. The number of halogens is 1. The van der Waals surface area contributed by atoms with Crippen molar-refractivity contribution in [2.75, 3.05) is 16.8 Å². The summed E-state index contributed by atoms with van der Waals surface area (Å²) >= 11 is 0. The van der Waals surface area contributed by atoms with Gasteiger partial charge in [-0.15, -0.1) is 0 Å². The maximum absolute atomic E-state index is 13.8. The van der Waals surface area contributed by atoms with E-state index in [-0.39, 0.29) is 22.8 Å². The molecule has 0 bridgehead atoms. The highest BCUT2D eigenvalue weighted by Gasteiger charge is 2.39. The lowest BCUT2D eigenvalue weighted by molar-refractivity contribution is 0.0697. The maximum Gasteiger partial charge on any atom is 0.337 e. The Kier molecular flexibility index (Phi) is 3.25. The Morgan fingerprint density at radius 1 is 1.47 bits per heavy atom. The van der Waals surface area contributed by atoms with E-state index < -0.39 is 27.2 Å². The number of sulfone groups is 1. The van der Waals surface area contributed by atoms with E-state index in [2.05, 4.69) is 5.32 Å². The van der Waals surface area contributed by atoms with E-state index in [4.69, 9.17) is 5.11 Å². The highest BCUT2D eigenvalue weighted by molar-refractivity contribution is 7.91. The number of carboxylic acid groups (broad SMARTS) is 1. The fourth-order valence-electron chi connectivity index (χ4n) is 2.24. The number of hydrogen-bond donors (Lipinski definition) is 2. The first kappa shape index (κ1) is 13.8. The van der Waals surface area contributed by atoms with Crippen LogP contribution in [0.1, 0.15) is 23.7 Å². The molecular weight excluding hydrogens is 273 g/mol. The van der Waals surface area contributed by atoms with Crippen molar-refractivity contribution in [2.24, 2.45) is 0 Å². The van der Waals surface area contributed by atoms with Gasteiger partial charge in [-0.2, -0.15) is 0 Å². The van der Waals surface area contributed by atoms with Crippen LogP contribution in [0.15, 0.2) is 18.2 Å². The van der Waals surface area contributed by atoms with Gasteiger partial charge in [-0.05, 0) is 25.5 Å². The number of hydrogen-bond acceptors (Lipinski definition) is 4. The lowest BCUT2D eigenvalue weighted by atomic mass is 10.0. The summed E-state index contributed by atoms with van der Waals surface area (Å²) in [5, 5.41) is 11.8. The van der Waals surface area contributed by atoms with Crippen molar-refractivity contribution in [1.29, 1.82) is 0 Å². The summed E-state index contributed by atoms with van der Waals surface area (Å²) in [6.45, 7) is 1.65. The van der Waals surface area contributed by atoms with E-state index in [1.54, 1.807) is 6.92 Å². The van der Waals surface area contributed by atoms with Gasteiger partial charge in [-0.1, -0.05) is 6.07 Å². The number of carboxylic acids is 1.